The highest BCUT2D eigenvalue weighted by Crippen LogP contribution is 2.16. The third kappa shape index (κ3) is 2.68. The van der Waals surface area contributed by atoms with Crippen molar-refractivity contribution in [3.63, 3.8) is 0 Å². The summed E-state index contributed by atoms with van der Waals surface area (Å²) < 4.78 is 0. The first-order chi connectivity index (χ1) is 7.33. The first-order valence-electron chi connectivity index (χ1n) is 4.65. The van der Waals surface area contributed by atoms with Gasteiger partial charge in [-0.3, -0.25) is 0 Å². The molecule has 0 aliphatic carbocycles. The molecular weight excluding hydrogens is 186 g/mol. The lowest BCUT2D eigenvalue weighted by Gasteiger charge is -2.21. The molecule has 0 saturated heterocycles. The van der Waals surface area contributed by atoms with Crippen LogP contribution in [0.4, 0.5) is 5.69 Å². The van der Waals surface area contributed by atoms with Crippen molar-refractivity contribution in [2.45, 2.75) is 0 Å². The van der Waals surface area contributed by atoms with Crippen molar-refractivity contribution in [3.8, 4) is 6.07 Å². The molecule has 0 fully saturated rings. The van der Waals surface area contributed by atoms with Crippen LogP contribution in [0.5, 0.6) is 0 Å². The van der Waals surface area contributed by atoms with Crippen molar-refractivity contribution in [2.24, 2.45) is 0 Å². The number of pyridine rings is 1. The molecule has 76 valence electrons. The summed E-state index contributed by atoms with van der Waals surface area (Å²) in [6, 6.07) is 5.76. The van der Waals surface area contributed by atoms with Gasteiger partial charge < -0.3 is 4.90 Å². The van der Waals surface area contributed by atoms with Gasteiger partial charge in [0.1, 0.15) is 6.07 Å². The van der Waals surface area contributed by atoms with Gasteiger partial charge in [0.25, 0.3) is 0 Å². The molecule has 0 saturated carbocycles. The van der Waals surface area contributed by atoms with E-state index in [9.17, 15) is 0 Å². The van der Waals surface area contributed by atoms with E-state index in [2.05, 4.69) is 24.2 Å². The van der Waals surface area contributed by atoms with Gasteiger partial charge in [0.05, 0.1) is 5.69 Å². The molecule has 1 aromatic heterocycles. The van der Waals surface area contributed by atoms with E-state index in [1.54, 1.807) is 18.3 Å². The Morgan fingerprint density at radius 3 is 2.60 bits per heavy atom. The van der Waals surface area contributed by atoms with Crippen molar-refractivity contribution in [1.29, 1.82) is 5.26 Å². The third-order valence-electron chi connectivity index (χ3n) is 1.93. The summed E-state index contributed by atoms with van der Waals surface area (Å²) in [5.41, 5.74) is 1.25. The molecule has 1 heterocycles. The van der Waals surface area contributed by atoms with Gasteiger partial charge >= 0.3 is 0 Å². The standard InChI is InChI=1S/C12H13N3/c1-3-8-15(9-4-2)12-6-5-7-14-11(12)10-13/h3-7H,1-2,8-9H2. The van der Waals surface area contributed by atoms with E-state index in [0.717, 1.165) is 5.69 Å². The Morgan fingerprint density at radius 2 is 2.07 bits per heavy atom. The summed E-state index contributed by atoms with van der Waals surface area (Å²) in [6.07, 6.45) is 5.19. The van der Waals surface area contributed by atoms with E-state index in [-0.39, 0.29) is 0 Å². The number of rotatable bonds is 5. The summed E-state index contributed by atoms with van der Waals surface area (Å²) in [7, 11) is 0. The van der Waals surface area contributed by atoms with Gasteiger partial charge in [-0.1, -0.05) is 12.2 Å². The minimum atomic E-state index is 0.432. The van der Waals surface area contributed by atoms with Crippen LogP contribution in [0.1, 0.15) is 5.69 Å². The largest absolute Gasteiger partial charge is 0.362 e. The fraction of sp³-hybridized carbons (Fsp3) is 0.167. The molecule has 0 bridgehead atoms. The molecule has 0 aliphatic rings. The number of hydrogen-bond donors (Lipinski definition) is 0. The molecule has 1 aromatic rings. The summed E-state index contributed by atoms with van der Waals surface area (Å²) >= 11 is 0. The zero-order valence-corrected chi connectivity index (χ0v) is 8.56. The topological polar surface area (TPSA) is 39.9 Å². The maximum absolute atomic E-state index is 8.91. The second-order valence-corrected chi connectivity index (χ2v) is 2.97. The summed E-state index contributed by atoms with van der Waals surface area (Å²) in [4.78, 5) is 6.00. The second-order valence-electron chi connectivity index (χ2n) is 2.97. The Balaban J connectivity index is 3.04. The molecule has 3 heteroatoms. The Kier molecular flexibility index (Phi) is 4.11. The van der Waals surface area contributed by atoms with Gasteiger partial charge in [-0.05, 0) is 12.1 Å². The van der Waals surface area contributed by atoms with E-state index in [4.69, 9.17) is 5.26 Å². The molecule has 0 amide bonds. The fourth-order valence-corrected chi connectivity index (χ4v) is 1.32. The Bertz CT molecular complexity index is 380. The van der Waals surface area contributed by atoms with Gasteiger partial charge in [0.15, 0.2) is 5.69 Å². The molecule has 3 nitrogen and oxygen atoms in total. The molecule has 0 radical (unpaired) electrons. The number of nitriles is 1. The zero-order chi connectivity index (χ0) is 11.1. The van der Waals surface area contributed by atoms with Crippen LogP contribution in [0.2, 0.25) is 0 Å². The summed E-state index contributed by atoms with van der Waals surface area (Å²) in [6.45, 7) is 8.71. The number of hydrogen-bond acceptors (Lipinski definition) is 3. The predicted octanol–water partition coefficient (Wildman–Crippen LogP) is 2.13. The van der Waals surface area contributed by atoms with Gasteiger partial charge in [-0.2, -0.15) is 5.26 Å². The normalized spacial score (nSPS) is 9.00. The second kappa shape index (κ2) is 5.61. The van der Waals surface area contributed by atoms with Crippen molar-refractivity contribution in [1.82, 2.24) is 4.98 Å². The lowest BCUT2D eigenvalue weighted by atomic mass is 10.2. The van der Waals surface area contributed by atoms with Gasteiger partial charge in [-0.15, -0.1) is 13.2 Å². The molecule has 15 heavy (non-hydrogen) atoms. The van der Waals surface area contributed by atoms with Crippen LogP contribution in [0.25, 0.3) is 0 Å². The minimum absolute atomic E-state index is 0.432. The molecule has 0 unspecified atom stereocenters. The van der Waals surface area contributed by atoms with Crippen LogP contribution >= 0.6 is 0 Å². The quantitative estimate of drug-likeness (QED) is 0.682. The summed E-state index contributed by atoms with van der Waals surface area (Å²) in [5, 5.41) is 8.91. The highest BCUT2D eigenvalue weighted by Gasteiger charge is 2.08. The lowest BCUT2D eigenvalue weighted by Crippen LogP contribution is -2.24. The van der Waals surface area contributed by atoms with Crippen LogP contribution in [0.15, 0.2) is 43.6 Å². The average Bonchev–Trinajstić information content (AvgIpc) is 2.29. The SMILES string of the molecule is C=CCN(CC=C)c1cccnc1C#N. The Labute approximate surface area is 90.0 Å². The molecule has 0 aliphatic heterocycles. The predicted molar refractivity (Wildman–Crippen MR) is 61.6 cm³/mol. The van der Waals surface area contributed by atoms with Crippen molar-refractivity contribution in [3.05, 3.63) is 49.3 Å². The molecular formula is C12H13N3. The number of nitrogens with zero attached hydrogens (tertiary/aromatic N) is 3. The summed E-state index contributed by atoms with van der Waals surface area (Å²) in [5.74, 6) is 0. The van der Waals surface area contributed by atoms with Gasteiger partial charge in [0, 0.05) is 19.3 Å². The van der Waals surface area contributed by atoms with E-state index in [0.29, 0.717) is 18.8 Å². The van der Waals surface area contributed by atoms with Crippen LogP contribution < -0.4 is 4.90 Å². The average molecular weight is 199 g/mol. The van der Waals surface area contributed by atoms with Crippen molar-refractivity contribution < 1.29 is 0 Å². The monoisotopic (exact) mass is 199 g/mol. The first kappa shape index (κ1) is 11.0. The fourth-order valence-electron chi connectivity index (χ4n) is 1.32. The van der Waals surface area contributed by atoms with Crippen LogP contribution in [-0.4, -0.2) is 18.1 Å². The highest BCUT2D eigenvalue weighted by molar-refractivity contribution is 5.56. The first-order valence-corrected chi connectivity index (χ1v) is 4.65. The van der Waals surface area contributed by atoms with Crippen LogP contribution in [-0.2, 0) is 0 Å². The molecule has 0 atom stereocenters. The molecule has 0 spiro atoms. The minimum Gasteiger partial charge on any atom is -0.362 e. The highest BCUT2D eigenvalue weighted by atomic mass is 15.1. The Hall–Kier alpha value is -2.08. The zero-order valence-electron chi connectivity index (χ0n) is 8.56. The molecule has 0 aromatic carbocycles. The molecule has 1 rings (SSSR count). The number of aromatic nitrogens is 1. The van der Waals surface area contributed by atoms with Crippen LogP contribution in [0, 0.1) is 11.3 Å². The third-order valence-corrected chi connectivity index (χ3v) is 1.93. The number of anilines is 1. The van der Waals surface area contributed by atoms with Gasteiger partial charge in [-0.25, -0.2) is 4.98 Å². The van der Waals surface area contributed by atoms with E-state index in [1.807, 2.05) is 17.0 Å². The maximum atomic E-state index is 8.91. The van der Waals surface area contributed by atoms with Crippen molar-refractivity contribution in [2.75, 3.05) is 18.0 Å². The smallest absolute Gasteiger partial charge is 0.163 e. The lowest BCUT2D eigenvalue weighted by molar-refractivity contribution is 0.945. The van der Waals surface area contributed by atoms with Crippen LogP contribution in [0.3, 0.4) is 0 Å². The maximum Gasteiger partial charge on any atom is 0.163 e. The molecule has 0 N–H and O–H groups in total. The van der Waals surface area contributed by atoms with Gasteiger partial charge in [0.2, 0.25) is 0 Å². The Morgan fingerprint density at radius 1 is 1.40 bits per heavy atom. The van der Waals surface area contributed by atoms with Crippen molar-refractivity contribution >= 4 is 5.69 Å². The van der Waals surface area contributed by atoms with E-state index < -0.39 is 0 Å². The van der Waals surface area contributed by atoms with E-state index in [1.165, 1.54) is 0 Å². The van der Waals surface area contributed by atoms with E-state index >= 15 is 0 Å².